The number of nitrogens with one attached hydrogen (secondary N) is 1. The van der Waals surface area contributed by atoms with Gasteiger partial charge in [-0.1, -0.05) is 0 Å². The van der Waals surface area contributed by atoms with E-state index in [1.54, 1.807) is 0 Å². The summed E-state index contributed by atoms with van der Waals surface area (Å²) in [6.07, 6.45) is 6.47. The van der Waals surface area contributed by atoms with Crippen molar-refractivity contribution >= 4 is 5.91 Å². The van der Waals surface area contributed by atoms with Crippen LogP contribution in [0.25, 0.3) is 0 Å². The summed E-state index contributed by atoms with van der Waals surface area (Å²) in [6, 6.07) is 0.317. The highest BCUT2D eigenvalue weighted by Gasteiger charge is 2.20. The van der Waals surface area contributed by atoms with Gasteiger partial charge in [0, 0.05) is 25.2 Å². The fourth-order valence-corrected chi connectivity index (χ4v) is 1.80. The van der Waals surface area contributed by atoms with Crippen molar-refractivity contribution in [2.45, 2.75) is 38.8 Å². The maximum atomic E-state index is 11.0. The molecule has 76 valence electrons. The standard InChI is InChI=1S/C10H15N3O/c1-2-13-7-8(6-11-13)5-9-3-4-10(14)12-9/h6-7,9H,2-5H2,1H3,(H,12,14)/t9-/m1/s1. The molecule has 2 heterocycles. The fraction of sp³-hybridized carbons (Fsp3) is 0.600. The number of amides is 1. The summed E-state index contributed by atoms with van der Waals surface area (Å²) >= 11 is 0. The molecule has 0 unspecified atom stereocenters. The molecular weight excluding hydrogens is 178 g/mol. The summed E-state index contributed by atoms with van der Waals surface area (Å²) in [4.78, 5) is 11.0. The molecule has 1 aromatic rings. The van der Waals surface area contributed by atoms with Crippen LogP contribution in [-0.4, -0.2) is 21.7 Å². The molecule has 1 aromatic heterocycles. The second-order valence-corrected chi connectivity index (χ2v) is 3.71. The molecule has 14 heavy (non-hydrogen) atoms. The Morgan fingerprint density at radius 3 is 3.14 bits per heavy atom. The van der Waals surface area contributed by atoms with Crippen molar-refractivity contribution in [3.63, 3.8) is 0 Å². The molecule has 0 radical (unpaired) electrons. The van der Waals surface area contributed by atoms with E-state index in [1.807, 2.05) is 17.1 Å². The quantitative estimate of drug-likeness (QED) is 0.769. The molecule has 4 heteroatoms. The third-order valence-electron chi connectivity index (χ3n) is 2.58. The lowest BCUT2D eigenvalue weighted by Crippen LogP contribution is -2.26. The molecule has 1 saturated heterocycles. The molecule has 0 aromatic carbocycles. The Bertz CT molecular complexity index is 332. The Hall–Kier alpha value is -1.32. The summed E-state index contributed by atoms with van der Waals surface area (Å²) in [5.41, 5.74) is 1.21. The first-order valence-electron chi connectivity index (χ1n) is 5.08. The lowest BCUT2D eigenvalue weighted by Gasteiger charge is -2.06. The first kappa shape index (κ1) is 9.24. The van der Waals surface area contributed by atoms with Gasteiger partial charge in [-0.2, -0.15) is 5.10 Å². The molecule has 4 nitrogen and oxygen atoms in total. The Balaban J connectivity index is 1.93. The number of aryl methyl sites for hydroxylation is 1. The first-order chi connectivity index (χ1) is 6.78. The van der Waals surface area contributed by atoms with Crippen molar-refractivity contribution in [1.29, 1.82) is 0 Å². The van der Waals surface area contributed by atoms with Crippen LogP contribution in [0.5, 0.6) is 0 Å². The third kappa shape index (κ3) is 1.95. The van der Waals surface area contributed by atoms with Gasteiger partial charge in [-0.3, -0.25) is 9.48 Å². The summed E-state index contributed by atoms with van der Waals surface area (Å²) in [5, 5.41) is 7.15. The normalized spacial score (nSPS) is 21.2. The molecule has 0 spiro atoms. The van der Waals surface area contributed by atoms with Crippen molar-refractivity contribution in [3.8, 4) is 0 Å². The number of hydrogen-bond acceptors (Lipinski definition) is 2. The topological polar surface area (TPSA) is 46.9 Å². The van der Waals surface area contributed by atoms with Gasteiger partial charge in [-0.05, 0) is 25.3 Å². The molecule has 0 aliphatic carbocycles. The molecule has 1 amide bonds. The largest absolute Gasteiger partial charge is 0.353 e. The van der Waals surface area contributed by atoms with E-state index in [0.717, 1.165) is 19.4 Å². The monoisotopic (exact) mass is 193 g/mol. The highest BCUT2D eigenvalue weighted by molar-refractivity contribution is 5.78. The molecule has 1 fully saturated rings. The number of hydrogen-bond donors (Lipinski definition) is 1. The van der Waals surface area contributed by atoms with Gasteiger partial charge in [0.25, 0.3) is 0 Å². The van der Waals surface area contributed by atoms with E-state index >= 15 is 0 Å². The van der Waals surface area contributed by atoms with Crippen molar-refractivity contribution in [2.75, 3.05) is 0 Å². The van der Waals surface area contributed by atoms with Gasteiger partial charge in [0.1, 0.15) is 0 Å². The van der Waals surface area contributed by atoms with Gasteiger partial charge in [0.05, 0.1) is 6.20 Å². The minimum atomic E-state index is 0.179. The Morgan fingerprint density at radius 2 is 2.57 bits per heavy atom. The number of carbonyl (C=O) groups is 1. The van der Waals surface area contributed by atoms with Gasteiger partial charge >= 0.3 is 0 Å². The van der Waals surface area contributed by atoms with E-state index < -0.39 is 0 Å². The van der Waals surface area contributed by atoms with Crippen molar-refractivity contribution < 1.29 is 4.79 Å². The molecular formula is C10H15N3O. The summed E-state index contributed by atoms with van der Waals surface area (Å²) in [6.45, 7) is 2.96. The maximum Gasteiger partial charge on any atom is 0.220 e. The predicted molar refractivity (Wildman–Crippen MR) is 52.8 cm³/mol. The predicted octanol–water partition coefficient (Wildman–Crippen LogP) is 0.724. The fourth-order valence-electron chi connectivity index (χ4n) is 1.80. The minimum Gasteiger partial charge on any atom is -0.353 e. The van der Waals surface area contributed by atoms with Crippen molar-refractivity contribution in [1.82, 2.24) is 15.1 Å². The number of nitrogens with zero attached hydrogens (tertiary/aromatic N) is 2. The summed E-state index contributed by atoms with van der Waals surface area (Å²) in [5.74, 6) is 0.179. The van der Waals surface area contributed by atoms with Crippen LogP contribution in [0.15, 0.2) is 12.4 Å². The lowest BCUT2D eigenvalue weighted by molar-refractivity contribution is -0.119. The van der Waals surface area contributed by atoms with Crippen LogP contribution in [0.3, 0.4) is 0 Å². The number of rotatable bonds is 3. The lowest BCUT2D eigenvalue weighted by atomic mass is 10.1. The zero-order chi connectivity index (χ0) is 9.97. The van der Waals surface area contributed by atoms with E-state index in [1.165, 1.54) is 5.56 Å². The average molecular weight is 193 g/mol. The number of carbonyl (C=O) groups excluding carboxylic acids is 1. The Kier molecular flexibility index (Phi) is 2.52. The number of aromatic nitrogens is 2. The molecule has 1 aliphatic heterocycles. The Morgan fingerprint density at radius 1 is 1.71 bits per heavy atom. The SMILES string of the molecule is CCn1cc(C[C@H]2CCC(=O)N2)cn1. The van der Waals surface area contributed by atoms with Crippen LogP contribution in [-0.2, 0) is 17.8 Å². The van der Waals surface area contributed by atoms with Crippen LogP contribution in [0.2, 0.25) is 0 Å². The Labute approximate surface area is 83.3 Å². The average Bonchev–Trinajstić information content (AvgIpc) is 2.76. The third-order valence-corrected chi connectivity index (χ3v) is 2.58. The van der Waals surface area contributed by atoms with Gasteiger partial charge in [-0.25, -0.2) is 0 Å². The van der Waals surface area contributed by atoms with Crippen LogP contribution >= 0.6 is 0 Å². The highest BCUT2D eigenvalue weighted by Crippen LogP contribution is 2.12. The second kappa shape index (κ2) is 3.82. The molecule has 1 atom stereocenters. The van der Waals surface area contributed by atoms with Crippen LogP contribution in [0.4, 0.5) is 0 Å². The zero-order valence-corrected chi connectivity index (χ0v) is 8.36. The van der Waals surface area contributed by atoms with Crippen LogP contribution < -0.4 is 5.32 Å². The van der Waals surface area contributed by atoms with Crippen LogP contribution in [0.1, 0.15) is 25.3 Å². The second-order valence-electron chi connectivity index (χ2n) is 3.71. The van der Waals surface area contributed by atoms with Gasteiger partial charge in [0.15, 0.2) is 0 Å². The van der Waals surface area contributed by atoms with E-state index in [-0.39, 0.29) is 5.91 Å². The molecule has 0 saturated carbocycles. The molecule has 1 aliphatic rings. The first-order valence-corrected chi connectivity index (χ1v) is 5.08. The molecule has 2 rings (SSSR count). The highest BCUT2D eigenvalue weighted by atomic mass is 16.1. The summed E-state index contributed by atoms with van der Waals surface area (Å²) < 4.78 is 1.91. The van der Waals surface area contributed by atoms with Crippen molar-refractivity contribution in [2.24, 2.45) is 0 Å². The van der Waals surface area contributed by atoms with E-state index in [4.69, 9.17) is 0 Å². The van der Waals surface area contributed by atoms with Crippen molar-refractivity contribution in [3.05, 3.63) is 18.0 Å². The summed E-state index contributed by atoms with van der Waals surface area (Å²) in [7, 11) is 0. The minimum absolute atomic E-state index is 0.179. The smallest absolute Gasteiger partial charge is 0.220 e. The molecule has 1 N–H and O–H groups in total. The maximum absolute atomic E-state index is 11.0. The van der Waals surface area contributed by atoms with Gasteiger partial charge in [-0.15, -0.1) is 0 Å². The zero-order valence-electron chi connectivity index (χ0n) is 8.36. The van der Waals surface area contributed by atoms with Crippen LogP contribution in [0, 0.1) is 0 Å². The van der Waals surface area contributed by atoms with E-state index in [9.17, 15) is 4.79 Å². The van der Waals surface area contributed by atoms with E-state index in [2.05, 4.69) is 17.3 Å². The molecule has 0 bridgehead atoms. The van der Waals surface area contributed by atoms with E-state index in [0.29, 0.717) is 12.5 Å². The van der Waals surface area contributed by atoms with Gasteiger partial charge < -0.3 is 5.32 Å². The van der Waals surface area contributed by atoms with Gasteiger partial charge in [0.2, 0.25) is 5.91 Å².